The highest BCUT2D eigenvalue weighted by Gasteiger charge is 2.59. The Morgan fingerprint density at radius 3 is 2.26 bits per heavy atom. The SMILES string of the molecule is CCCCCC/C=C\CCCCCCCC(=O)OC[C@H]1O[C@@H](O[C@H]2CC[C@@]3(C)C(=CC[C@H]4[C@@H]5CC[C@H]([C@H](C)CC[C@@H](CC)C(C)C)[C@@]5(C)CC[C@@H]43)C2)[C@H](O)[C@@H](O)[C@@H]1O. The highest BCUT2D eigenvalue weighted by molar-refractivity contribution is 5.69. The summed E-state index contributed by atoms with van der Waals surface area (Å²) in [5.74, 6) is 5.21. The number of carbonyl (C=O) groups is 1. The van der Waals surface area contributed by atoms with Gasteiger partial charge in [-0.15, -0.1) is 0 Å². The summed E-state index contributed by atoms with van der Waals surface area (Å²) in [5.41, 5.74) is 2.12. The van der Waals surface area contributed by atoms with Crippen molar-refractivity contribution in [1.82, 2.24) is 0 Å². The summed E-state index contributed by atoms with van der Waals surface area (Å²) in [5, 5.41) is 32.5. The van der Waals surface area contributed by atoms with Crippen molar-refractivity contribution >= 4 is 5.97 Å². The van der Waals surface area contributed by atoms with E-state index in [9.17, 15) is 20.1 Å². The minimum Gasteiger partial charge on any atom is -0.463 e. The molecule has 3 saturated carbocycles. The Labute approximate surface area is 354 Å². The first-order valence-corrected chi connectivity index (χ1v) is 24.7. The molecule has 0 unspecified atom stereocenters. The molecule has 4 aliphatic carbocycles. The van der Waals surface area contributed by atoms with Gasteiger partial charge in [0.25, 0.3) is 0 Å². The van der Waals surface area contributed by atoms with Crippen LogP contribution in [0, 0.1) is 52.3 Å². The van der Waals surface area contributed by atoms with Crippen LogP contribution in [0.4, 0.5) is 0 Å². The zero-order chi connectivity index (χ0) is 41.9. The molecular weight excluding hydrogens is 725 g/mol. The molecule has 0 amide bonds. The molecule has 7 heteroatoms. The maximum Gasteiger partial charge on any atom is 0.305 e. The average Bonchev–Trinajstić information content (AvgIpc) is 3.56. The topological polar surface area (TPSA) is 105 Å². The Balaban J connectivity index is 1.05. The van der Waals surface area contributed by atoms with Crippen LogP contribution in [-0.2, 0) is 19.0 Å². The van der Waals surface area contributed by atoms with Crippen LogP contribution in [0.15, 0.2) is 23.8 Å². The molecule has 7 nitrogen and oxygen atoms in total. The van der Waals surface area contributed by atoms with Gasteiger partial charge in [-0.1, -0.05) is 124 Å². The number of carbonyl (C=O) groups excluding carboxylic acids is 1. The number of unbranched alkanes of at least 4 members (excludes halogenated alkanes) is 9. The van der Waals surface area contributed by atoms with Gasteiger partial charge in [-0.05, 0) is 142 Å². The van der Waals surface area contributed by atoms with Crippen molar-refractivity contribution in [2.24, 2.45) is 52.3 Å². The van der Waals surface area contributed by atoms with Crippen LogP contribution in [-0.4, -0.2) is 64.7 Å². The molecule has 0 aromatic heterocycles. The molecule has 0 aromatic carbocycles. The third kappa shape index (κ3) is 11.8. The summed E-state index contributed by atoms with van der Waals surface area (Å²) in [6.45, 7) is 17.0. The Morgan fingerprint density at radius 2 is 1.55 bits per heavy atom. The summed E-state index contributed by atoms with van der Waals surface area (Å²) in [6.07, 6.45) is 27.2. The zero-order valence-electron chi connectivity index (χ0n) is 38.2. The van der Waals surface area contributed by atoms with Crippen LogP contribution in [0.2, 0.25) is 0 Å². The van der Waals surface area contributed by atoms with Gasteiger partial charge in [-0.2, -0.15) is 0 Å². The van der Waals surface area contributed by atoms with Gasteiger partial charge >= 0.3 is 5.97 Å². The molecule has 0 bridgehead atoms. The second-order valence-electron chi connectivity index (χ2n) is 20.8. The number of ether oxygens (including phenoxy) is 3. The van der Waals surface area contributed by atoms with E-state index in [1.54, 1.807) is 0 Å². The number of aliphatic hydroxyl groups is 3. The molecule has 334 valence electrons. The van der Waals surface area contributed by atoms with E-state index in [4.69, 9.17) is 14.2 Å². The standard InChI is InChI=1S/C51H88O7/c1-8-10-11-12-13-14-15-16-17-18-19-20-21-22-45(52)56-34-44-46(53)47(54)48(55)49(58-44)57-39-29-31-50(6)38(33-39)25-26-40-42-28-27-41(51(42,7)32-30-43(40)50)36(5)23-24-37(9-2)35(3)4/h14-15,25,35-37,39-44,46-49,53-55H,8-13,16-24,26-34H2,1-7H3/b15-14-/t36-,37-,39+,40+,41-,42+,43+,44-,46-,47+,48-,49-,50+,51-/m1/s1. The van der Waals surface area contributed by atoms with Crippen LogP contribution in [0.5, 0.6) is 0 Å². The Bertz CT molecular complexity index is 1300. The highest BCUT2D eigenvalue weighted by Crippen LogP contribution is 2.67. The lowest BCUT2D eigenvalue weighted by molar-refractivity contribution is -0.313. The molecule has 1 saturated heterocycles. The van der Waals surface area contributed by atoms with E-state index in [2.05, 4.69) is 66.7 Å². The predicted octanol–water partition coefficient (Wildman–Crippen LogP) is 11.7. The van der Waals surface area contributed by atoms with Gasteiger partial charge in [0.1, 0.15) is 31.0 Å². The van der Waals surface area contributed by atoms with Gasteiger partial charge in [0.05, 0.1) is 6.10 Å². The molecule has 1 heterocycles. The normalized spacial score (nSPS) is 37.3. The quantitative estimate of drug-likeness (QED) is 0.0536. The summed E-state index contributed by atoms with van der Waals surface area (Å²) >= 11 is 0. The van der Waals surface area contributed by atoms with Crippen LogP contribution < -0.4 is 0 Å². The van der Waals surface area contributed by atoms with E-state index < -0.39 is 30.7 Å². The number of allylic oxidation sites excluding steroid dienone is 3. The van der Waals surface area contributed by atoms with Crippen molar-refractivity contribution in [3.63, 3.8) is 0 Å². The summed E-state index contributed by atoms with van der Waals surface area (Å²) in [4.78, 5) is 12.6. The number of esters is 1. The first-order chi connectivity index (χ1) is 27.8. The van der Waals surface area contributed by atoms with Crippen molar-refractivity contribution in [2.75, 3.05) is 6.61 Å². The van der Waals surface area contributed by atoms with E-state index >= 15 is 0 Å². The van der Waals surface area contributed by atoms with E-state index in [1.807, 2.05) is 0 Å². The lowest BCUT2D eigenvalue weighted by Gasteiger charge is -2.58. The van der Waals surface area contributed by atoms with Crippen LogP contribution in [0.25, 0.3) is 0 Å². The molecule has 5 rings (SSSR count). The van der Waals surface area contributed by atoms with Gasteiger partial charge in [0.15, 0.2) is 6.29 Å². The number of fused-ring (bicyclic) bond motifs is 5. The molecule has 4 fully saturated rings. The maximum absolute atomic E-state index is 12.6. The first-order valence-electron chi connectivity index (χ1n) is 24.7. The monoisotopic (exact) mass is 813 g/mol. The number of hydrogen-bond donors (Lipinski definition) is 3. The molecule has 14 atom stereocenters. The molecule has 0 aromatic rings. The zero-order valence-corrected chi connectivity index (χ0v) is 38.2. The minimum absolute atomic E-state index is 0.143. The van der Waals surface area contributed by atoms with Crippen molar-refractivity contribution in [1.29, 1.82) is 0 Å². The fourth-order valence-corrected chi connectivity index (χ4v) is 13.0. The summed E-state index contributed by atoms with van der Waals surface area (Å²) in [6, 6.07) is 0. The third-order valence-electron chi connectivity index (χ3n) is 16.8. The largest absolute Gasteiger partial charge is 0.463 e. The second kappa shape index (κ2) is 22.7. The van der Waals surface area contributed by atoms with Gasteiger partial charge < -0.3 is 29.5 Å². The predicted molar refractivity (Wildman–Crippen MR) is 235 cm³/mol. The smallest absolute Gasteiger partial charge is 0.305 e. The van der Waals surface area contributed by atoms with E-state index in [-0.39, 0.29) is 24.1 Å². The van der Waals surface area contributed by atoms with Crippen molar-refractivity contribution in [2.45, 2.75) is 233 Å². The Hall–Kier alpha value is -1.25. The highest BCUT2D eigenvalue weighted by atomic mass is 16.7. The number of rotatable bonds is 23. The number of hydrogen-bond acceptors (Lipinski definition) is 7. The van der Waals surface area contributed by atoms with Gasteiger partial charge in [0, 0.05) is 6.42 Å². The lowest BCUT2D eigenvalue weighted by Crippen LogP contribution is -2.60. The van der Waals surface area contributed by atoms with Gasteiger partial charge in [-0.25, -0.2) is 0 Å². The van der Waals surface area contributed by atoms with E-state index in [0.717, 1.165) is 93.3 Å². The molecular formula is C51H88O7. The molecule has 0 spiro atoms. The van der Waals surface area contributed by atoms with Gasteiger partial charge in [0.2, 0.25) is 0 Å². The fourth-order valence-electron chi connectivity index (χ4n) is 13.0. The molecule has 3 N–H and O–H groups in total. The Kier molecular flexibility index (Phi) is 18.7. The first kappa shape index (κ1) is 47.8. The third-order valence-corrected chi connectivity index (χ3v) is 16.8. The fraction of sp³-hybridized carbons (Fsp3) is 0.902. The maximum atomic E-state index is 12.6. The molecule has 0 radical (unpaired) electrons. The summed E-state index contributed by atoms with van der Waals surface area (Å²) in [7, 11) is 0. The van der Waals surface area contributed by atoms with E-state index in [1.165, 1.54) is 89.0 Å². The van der Waals surface area contributed by atoms with Crippen LogP contribution in [0.1, 0.15) is 196 Å². The van der Waals surface area contributed by atoms with Crippen LogP contribution in [0.3, 0.4) is 0 Å². The molecule has 5 aliphatic rings. The average molecular weight is 813 g/mol. The lowest BCUT2D eigenvalue weighted by atomic mass is 9.47. The second-order valence-corrected chi connectivity index (χ2v) is 20.8. The van der Waals surface area contributed by atoms with Crippen molar-refractivity contribution in [3.05, 3.63) is 23.8 Å². The molecule has 58 heavy (non-hydrogen) atoms. The van der Waals surface area contributed by atoms with E-state index in [0.29, 0.717) is 17.8 Å². The number of aliphatic hydroxyl groups excluding tert-OH is 3. The van der Waals surface area contributed by atoms with Crippen molar-refractivity contribution < 1.29 is 34.3 Å². The Morgan fingerprint density at radius 1 is 0.845 bits per heavy atom. The van der Waals surface area contributed by atoms with Crippen molar-refractivity contribution in [3.8, 4) is 0 Å². The minimum atomic E-state index is -1.44. The van der Waals surface area contributed by atoms with Gasteiger partial charge in [-0.3, -0.25) is 4.79 Å². The summed E-state index contributed by atoms with van der Waals surface area (Å²) < 4.78 is 18.0. The molecule has 1 aliphatic heterocycles. The van der Waals surface area contributed by atoms with Crippen LogP contribution >= 0.6 is 0 Å².